The van der Waals surface area contributed by atoms with Crippen LogP contribution in [-0.2, 0) is 20.9 Å². The number of Topliss-reactive ketones (excluding diaryl/α,β-unsaturated/α-hetero) is 3. The molecule has 10 saturated heterocycles. The van der Waals surface area contributed by atoms with Gasteiger partial charge in [-0.2, -0.15) is 0 Å². The molecule has 0 radical (unpaired) electrons. The normalized spacial score (nSPS) is 74.8. The van der Waals surface area contributed by atoms with Gasteiger partial charge in [-0.25, -0.2) is 0 Å². The van der Waals surface area contributed by atoms with Crippen molar-refractivity contribution in [1.29, 1.82) is 0 Å². The van der Waals surface area contributed by atoms with Crippen molar-refractivity contribution < 1.29 is 20.9 Å². The van der Waals surface area contributed by atoms with E-state index in [1.165, 1.54) is 0 Å². The van der Waals surface area contributed by atoms with Gasteiger partial charge in [0.2, 0.25) is 0 Å². The fourth-order valence-electron chi connectivity index (χ4n) is 19.6. The van der Waals surface area contributed by atoms with Gasteiger partial charge in [0, 0.05) is 0 Å². The predicted molar refractivity (Wildman–Crippen MR) is 105 cm³/mol. The van der Waals surface area contributed by atoms with Crippen molar-refractivity contribution in [1.82, 2.24) is 0 Å². The number of rotatable bonds is 6. The van der Waals surface area contributed by atoms with Crippen LogP contribution < -0.4 is 0 Å². The standard InChI is InChI=1S/C20H19O3.C5H5.Fe/c1-13-9-11-17(12-10-13)14(2)19(23)20(15(3)21,16(4)22)18-7-5-6-8-18;1-2-4-5-3-1;/h5-12H,2H2,1,3-4H3;1-5H;. The summed E-state index contributed by atoms with van der Waals surface area (Å²) in [6.45, 7) is 5.39. The summed E-state index contributed by atoms with van der Waals surface area (Å²) < 4.78 is -0.131. The van der Waals surface area contributed by atoms with Gasteiger partial charge in [0.25, 0.3) is 0 Å². The molecule has 3 nitrogen and oxygen atoms in total. The summed E-state index contributed by atoms with van der Waals surface area (Å²) >= 11 is 0. The van der Waals surface area contributed by atoms with Crippen LogP contribution in [0.15, 0.2) is 30.8 Å². The molecular formula is C25H24FeO3. The van der Waals surface area contributed by atoms with Crippen LogP contribution in [0.2, 0.25) is 47.7 Å². The molecule has 10 aliphatic heterocycles. The number of hydrogen-bond donors (Lipinski definition) is 0. The minimum atomic E-state index is -3.89. The monoisotopic (exact) mass is 428 g/mol. The SMILES string of the molecule is C=C(C(=O)C(C(C)=O)(C(C)=O)[C]12[CH]3[CH]4[CH]5[CH]1[Fe]45321678[CH]2[CH]1[CH]6[CH]7[CH]28)c1ccc(C)cc1. The first kappa shape index (κ1) is 13.7. The van der Waals surface area contributed by atoms with Crippen molar-refractivity contribution in [3.05, 3.63) is 42.0 Å². The summed E-state index contributed by atoms with van der Waals surface area (Å²) in [5.41, 5.74) is 0.865. The maximum absolute atomic E-state index is 14.3. The maximum atomic E-state index is 14.3. The summed E-state index contributed by atoms with van der Waals surface area (Å²) in [6, 6.07) is 7.78. The van der Waals surface area contributed by atoms with Gasteiger partial charge in [0.15, 0.2) is 0 Å². The van der Waals surface area contributed by atoms with Crippen LogP contribution in [0.5, 0.6) is 0 Å². The van der Waals surface area contributed by atoms with Crippen molar-refractivity contribution in [2.24, 2.45) is 5.41 Å². The van der Waals surface area contributed by atoms with E-state index in [1.807, 2.05) is 31.2 Å². The average molecular weight is 428 g/mol. The van der Waals surface area contributed by atoms with Crippen molar-refractivity contribution >= 4 is 22.9 Å². The number of aryl methyl sites for hydroxylation is 1. The molecule has 29 heavy (non-hydrogen) atoms. The van der Waals surface area contributed by atoms with E-state index in [1.54, 1.807) is 13.8 Å². The van der Waals surface area contributed by atoms with Crippen LogP contribution in [0.25, 0.3) is 5.57 Å². The van der Waals surface area contributed by atoms with Gasteiger partial charge in [-0.3, -0.25) is 0 Å². The molecule has 1 aromatic carbocycles. The molecule has 1 aromatic rings. The van der Waals surface area contributed by atoms with E-state index in [2.05, 4.69) is 6.58 Å². The Morgan fingerprint density at radius 3 is 1.62 bits per heavy atom. The molecule has 0 aromatic heterocycles. The predicted octanol–water partition coefficient (Wildman–Crippen LogP) is 5.50. The van der Waals surface area contributed by atoms with Crippen molar-refractivity contribution in [2.75, 3.05) is 0 Å². The Morgan fingerprint density at radius 2 is 1.31 bits per heavy atom. The Kier molecular flexibility index (Phi) is 0.746. The molecule has 0 aliphatic carbocycles. The van der Waals surface area contributed by atoms with Gasteiger partial charge < -0.3 is 0 Å². The molecule has 10 aliphatic rings. The van der Waals surface area contributed by atoms with Gasteiger partial charge in [-0.1, -0.05) is 0 Å². The third-order valence-electron chi connectivity index (χ3n) is 18.3. The first-order chi connectivity index (χ1) is 13.5. The quantitative estimate of drug-likeness (QED) is 0.342. The van der Waals surface area contributed by atoms with Crippen LogP contribution >= 0.6 is 0 Å². The number of ketones is 3. The molecule has 4 unspecified atom stereocenters. The Labute approximate surface area is 159 Å². The van der Waals surface area contributed by atoms with Crippen LogP contribution in [0.1, 0.15) is 25.0 Å². The Morgan fingerprint density at radius 1 is 0.862 bits per heavy atom. The topological polar surface area (TPSA) is 51.2 Å². The molecule has 0 saturated carbocycles. The van der Waals surface area contributed by atoms with Crippen molar-refractivity contribution in [3.8, 4) is 0 Å². The molecule has 4 heteroatoms. The number of carbonyl (C=O) groups is 3. The molecule has 150 valence electrons. The first-order valence-corrected chi connectivity index (χ1v) is 17.3. The second-order valence-corrected chi connectivity index (χ2v) is 37.8. The van der Waals surface area contributed by atoms with Crippen LogP contribution in [-0.4, -0.2) is 17.3 Å². The second kappa shape index (κ2) is 1.58. The summed E-state index contributed by atoms with van der Waals surface area (Å²) in [4.78, 5) is 49.4. The molecule has 10 heterocycles. The molecule has 0 N–H and O–H groups in total. The summed E-state index contributed by atoms with van der Waals surface area (Å²) in [7, 11) is 0. The average Bonchev–Trinajstić information content (AvgIpc) is 3.61. The van der Waals surface area contributed by atoms with Crippen LogP contribution in [0.3, 0.4) is 0 Å². The van der Waals surface area contributed by atoms with E-state index >= 15 is 0 Å². The molecule has 4 atom stereocenters. The summed E-state index contributed by atoms with van der Waals surface area (Å²) in [5.74, 6) is -0.540. The minimum absolute atomic E-state index is 0.131. The third-order valence-corrected chi connectivity index (χ3v) is 60.8. The molecular weight excluding hydrogens is 404 g/mol. The van der Waals surface area contributed by atoms with E-state index in [0.29, 0.717) is 15.2 Å². The van der Waals surface area contributed by atoms with Gasteiger partial charge in [0.1, 0.15) is 0 Å². The van der Waals surface area contributed by atoms with Gasteiger partial charge in [-0.05, 0) is 0 Å². The zero-order valence-corrected chi connectivity index (χ0v) is 17.9. The van der Waals surface area contributed by atoms with E-state index in [0.717, 1.165) is 44.8 Å². The first-order valence-electron chi connectivity index (χ1n) is 11.0. The van der Waals surface area contributed by atoms with Crippen molar-refractivity contribution in [2.45, 2.75) is 68.4 Å². The van der Waals surface area contributed by atoms with E-state index in [9.17, 15) is 14.4 Å². The van der Waals surface area contributed by atoms with E-state index in [-0.39, 0.29) is 21.7 Å². The zero-order chi connectivity index (χ0) is 19.8. The van der Waals surface area contributed by atoms with Crippen molar-refractivity contribution in [3.63, 3.8) is 0 Å². The van der Waals surface area contributed by atoms with Gasteiger partial charge in [-0.15, -0.1) is 0 Å². The van der Waals surface area contributed by atoms with E-state index in [4.69, 9.17) is 0 Å². The molecule has 11 rings (SSSR count). The number of fused-ring (bicyclic) bond motifs is 10. The van der Waals surface area contributed by atoms with Crippen LogP contribution in [0.4, 0.5) is 0 Å². The molecule has 10 fully saturated rings. The fraction of sp³-hybridized carbons (Fsp3) is 0.560. The number of carbonyl (C=O) groups excluding carboxylic acids is 3. The molecule has 1 spiro atoms. The van der Waals surface area contributed by atoms with Gasteiger partial charge >= 0.3 is 160 Å². The number of hydrogen-bond acceptors (Lipinski definition) is 3. The Hall–Kier alpha value is -1.51. The number of benzene rings is 1. The summed E-state index contributed by atoms with van der Waals surface area (Å²) in [6.07, 6.45) is 0. The van der Waals surface area contributed by atoms with Gasteiger partial charge in [0.05, 0.1) is 0 Å². The zero-order valence-electron chi connectivity index (χ0n) is 16.8. The second-order valence-electron chi connectivity index (χ2n) is 14.2. The third kappa shape index (κ3) is 0.241. The number of allylic oxidation sites excluding steroid dienone is 1. The van der Waals surface area contributed by atoms with Crippen LogP contribution in [0, 0.1) is 12.3 Å². The molecule has 0 amide bonds. The van der Waals surface area contributed by atoms with E-state index < -0.39 is 11.9 Å². The Bertz CT molecular complexity index is 1540. The summed E-state index contributed by atoms with van der Waals surface area (Å²) in [5, 5.41) is 0. The molecule has 0 bridgehead atoms. The Balaban J connectivity index is 1.22. The fourth-order valence-corrected chi connectivity index (χ4v) is 94.8.